The second-order valence-electron chi connectivity index (χ2n) is 15.3. The normalized spacial score (nSPS) is 19.6. The van der Waals surface area contributed by atoms with Crippen molar-refractivity contribution in [3.05, 3.63) is 75.7 Å². The molecule has 2 aliphatic heterocycles. The summed E-state index contributed by atoms with van der Waals surface area (Å²) in [6, 6.07) is 11.5. The fourth-order valence-electron chi connectivity index (χ4n) is 7.56. The number of piperazine rings is 1. The largest absolute Gasteiger partial charge is 0.389 e. The fourth-order valence-corrected chi connectivity index (χ4v) is 7.56. The van der Waals surface area contributed by atoms with Crippen molar-refractivity contribution in [3.8, 4) is 12.3 Å². The van der Waals surface area contributed by atoms with Gasteiger partial charge in [-0.05, 0) is 73.8 Å². The highest BCUT2D eigenvalue weighted by Gasteiger charge is 2.40. The highest BCUT2D eigenvalue weighted by Crippen LogP contribution is 2.36. The Morgan fingerprint density at radius 1 is 1.11 bits per heavy atom. The standard InChI is InChI=1S/C40H52FN5/c1-10-30-13-11-14-31-21-27(2)22-35(37(30)31)40(8,9)18-17-34-36(24-41)43-29(4)44-38(34)45-25-32-15-16-33(26-45)46(32)20-12-19-42-28(3)23-39(5,6)7/h1,11,13-14,17,21-22,24,32-33,42H,3,12,15-16,18-20,23,25-26H2,2,4-9H3/b34-17+,36-24-. The number of nitrogens with one attached hydrogen (secondary N) is 1. The first-order valence-electron chi connectivity index (χ1n) is 16.9. The number of terminal acetylenes is 1. The number of allylic oxidation sites excluding steroid dienone is 1. The summed E-state index contributed by atoms with van der Waals surface area (Å²) in [6.07, 6.45) is 13.9. The van der Waals surface area contributed by atoms with E-state index in [0.29, 0.717) is 36.0 Å². The van der Waals surface area contributed by atoms with E-state index in [1.165, 1.54) is 24.0 Å². The molecule has 2 fully saturated rings. The smallest absolute Gasteiger partial charge is 0.140 e. The van der Waals surface area contributed by atoms with Crippen molar-refractivity contribution >= 4 is 29.0 Å². The molecule has 3 heterocycles. The molecule has 0 saturated carbocycles. The van der Waals surface area contributed by atoms with Gasteiger partial charge in [-0.25, -0.2) is 14.4 Å². The Labute approximate surface area is 275 Å². The minimum Gasteiger partial charge on any atom is -0.389 e. The van der Waals surface area contributed by atoms with E-state index in [2.05, 4.69) is 98.4 Å². The van der Waals surface area contributed by atoms with E-state index in [1.54, 1.807) is 0 Å². The van der Waals surface area contributed by atoms with Crippen LogP contribution in [0.15, 0.2) is 42.6 Å². The van der Waals surface area contributed by atoms with Crippen molar-refractivity contribution in [2.45, 2.75) is 98.1 Å². The Hall–Kier alpha value is -3.69. The Morgan fingerprint density at radius 3 is 2.48 bits per heavy atom. The maximum Gasteiger partial charge on any atom is 0.140 e. The number of nitrogens with zero attached hydrogens (tertiary/aromatic N) is 4. The van der Waals surface area contributed by atoms with Gasteiger partial charge in [0.1, 0.15) is 23.3 Å². The molecule has 2 atom stereocenters. The molecule has 2 aliphatic rings. The van der Waals surface area contributed by atoms with Crippen molar-refractivity contribution in [2.75, 3.05) is 31.1 Å². The molecule has 0 amide bonds. The lowest BCUT2D eigenvalue weighted by Crippen LogP contribution is -2.56. The van der Waals surface area contributed by atoms with Crippen molar-refractivity contribution in [1.82, 2.24) is 20.2 Å². The molecule has 0 spiro atoms. The van der Waals surface area contributed by atoms with E-state index in [9.17, 15) is 4.39 Å². The van der Waals surface area contributed by atoms with Crippen LogP contribution >= 0.6 is 0 Å². The first-order chi connectivity index (χ1) is 21.8. The van der Waals surface area contributed by atoms with Crippen molar-refractivity contribution in [2.24, 2.45) is 5.41 Å². The Kier molecular flexibility index (Phi) is 9.94. The van der Waals surface area contributed by atoms with Crippen LogP contribution in [0.3, 0.4) is 0 Å². The van der Waals surface area contributed by atoms with Crippen molar-refractivity contribution in [1.29, 1.82) is 0 Å². The molecule has 0 radical (unpaired) electrons. The number of hydrogen-bond acceptors (Lipinski definition) is 5. The molecule has 2 aromatic carbocycles. The predicted octanol–water partition coefficient (Wildman–Crippen LogP) is 6.67. The van der Waals surface area contributed by atoms with E-state index >= 15 is 0 Å². The molecule has 1 aromatic heterocycles. The number of benzene rings is 2. The van der Waals surface area contributed by atoms with Gasteiger partial charge in [0, 0.05) is 60.1 Å². The summed E-state index contributed by atoms with van der Waals surface area (Å²) in [5, 5.41) is 6.95. The summed E-state index contributed by atoms with van der Waals surface area (Å²) in [5.41, 5.74) is 4.40. The molecule has 6 heteroatoms. The van der Waals surface area contributed by atoms with E-state index in [4.69, 9.17) is 11.4 Å². The lowest BCUT2D eigenvalue weighted by Gasteiger charge is -2.42. The third-order valence-corrected chi connectivity index (χ3v) is 9.64. The summed E-state index contributed by atoms with van der Waals surface area (Å²) < 4.78 is 14.5. The highest BCUT2D eigenvalue weighted by molar-refractivity contribution is 5.92. The van der Waals surface area contributed by atoms with Gasteiger partial charge in [-0.2, -0.15) is 0 Å². The summed E-state index contributed by atoms with van der Waals surface area (Å²) in [7, 11) is 0. The van der Waals surface area contributed by atoms with Crippen LogP contribution in [0.1, 0.15) is 89.2 Å². The molecule has 0 aliphatic carbocycles. The van der Waals surface area contributed by atoms with Gasteiger partial charge >= 0.3 is 0 Å². The van der Waals surface area contributed by atoms with E-state index in [-0.39, 0.29) is 10.8 Å². The molecule has 2 unspecified atom stereocenters. The number of rotatable bonds is 10. The van der Waals surface area contributed by atoms with Crippen LogP contribution in [0.25, 0.3) is 23.2 Å². The molecular weight excluding hydrogens is 569 g/mol. The minimum atomic E-state index is -0.267. The lowest BCUT2D eigenvalue weighted by molar-refractivity contribution is 0.167. The number of fused-ring (bicyclic) bond motifs is 3. The molecule has 2 bridgehead atoms. The number of halogens is 1. The maximum atomic E-state index is 14.5. The molecule has 46 heavy (non-hydrogen) atoms. The molecule has 244 valence electrons. The summed E-state index contributed by atoms with van der Waals surface area (Å²) >= 11 is 0. The number of aryl methyl sites for hydroxylation is 2. The average Bonchev–Trinajstić information content (AvgIpc) is 3.22. The van der Waals surface area contributed by atoms with Gasteiger partial charge in [-0.15, -0.1) is 6.42 Å². The van der Waals surface area contributed by atoms with Gasteiger partial charge in [0.05, 0.1) is 0 Å². The Balaban J connectivity index is 1.38. The zero-order valence-electron chi connectivity index (χ0n) is 29.0. The van der Waals surface area contributed by atoms with Gasteiger partial charge in [0.15, 0.2) is 0 Å². The molecule has 5 nitrogen and oxygen atoms in total. The number of aromatic nitrogens is 2. The van der Waals surface area contributed by atoms with Crippen LogP contribution in [0, 0.1) is 31.6 Å². The first-order valence-corrected chi connectivity index (χ1v) is 16.9. The topological polar surface area (TPSA) is 44.3 Å². The van der Waals surface area contributed by atoms with Crippen molar-refractivity contribution in [3.63, 3.8) is 0 Å². The molecule has 5 rings (SSSR count). The minimum absolute atomic E-state index is 0.241. The average molecular weight is 622 g/mol. The maximum absolute atomic E-state index is 14.5. The second-order valence-corrected chi connectivity index (χ2v) is 15.3. The van der Waals surface area contributed by atoms with Crippen LogP contribution in [0.4, 0.5) is 10.2 Å². The SMILES string of the molecule is C#Cc1cccc2cc(C)cc(C(C)(C)C/C=c3/c(N4CC5CCC(C4)N5CCCNC(=C)CC(C)(C)C)nc(C)n/c3=C\F)c12. The highest BCUT2D eigenvalue weighted by atomic mass is 19.1. The Morgan fingerprint density at radius 2 is 1.83 bits per heavy atom. The van der Waals surface area contributed by atoms with E-state index < -0.39 is 0 Å². The van der Waals surface area contributed by atoms with Crippen LogP contribution in [-0.4, -0.2) is 53.1 Å². The van der Waals surface area contributed by atoms with Gasteiger partial charge in [-0.1, -0.05) is 83.0 Å². The number of anilines is 1. The van der Waals surface area contributed by atoms with Crippen molar-refractivity contribution < 1.29 is 4.39 Å². The van der Waals surface area contributed by atoms with E-state index in [0.717, 1.165) is 72.1 Å². The van der Waals surface area contributed by atoms with Crippen LogP contribution in [0.2, 0.25) is 0 Å². The van der Waals surface area contributed by atoms with Gasteiger partial charge in [0.2, 0.25) is 0 Å². The first kappa shape index (κ1) is 33.7. The second kappa shape index (κ2) is 13.6. The molecule has 3 aromatic rings. The zero-order valence-corrected chi connectivity index (χ0v) is 29.0. The zero-order chi connectivity index (χ0) is 33.2. The van der Waals surface area contributed by atoms with E-state index in [1.807, 2.05) is 19.1 Å². The van der Waals surface area contributed by atoms with Gasteiger partial charge < -0.3 is 10.2 Å². The summed E-state index contributed by atoms with van der Waals surface area (Å²) in [6.45, 7) is 23.2. The predicted molar refractivity (Wildman–Crippen MR) is 192 cm³/mol. The van der Waals surface area contributed by atoms with Crippen LogP contribution < -0.4 is 20.8 Å². The quantitative estimate of drug-likeness (QED) is 0.203. The number of hydrogen-bond donors (Lipinski definition) is 1. The molecule has 1 N–H and O–H groups in total. The third-order valence-electron chi connectivity index (χ3n) is 9.64. The molecular formula is C40H52FN5. The Bertz CT molecular complexity index is 1750. The molecule has 2 saturated heterocycles. The fraction of sp³-hybridized carbons (Fsp3) is 0.500. The summed E-state index contributed by atoms with van der Waals surface area (Å²) in [5.74, 6) is 4.34. The van der Waals surface area contributed by atoms with Gasteiger partial charge in [-0.3, -0.25) is 4.90 Å². The van der Waals surface area contributed by atoms with Crippen LogP contribution in [0.5, 0.6) is 0 Å². The van der Waals surface area contributed by atoms with Gasteiger partial charge in [0.25, 0.3) is 0 Å². The summed E-state index contributed by atoms with van der Waals surface area (Å²) in [4.78, 5) is 14.5. The lowest BCUT2D eigenvalue weighted by atomic mass is 9.77. The monoisotopic (exact) mass is 621 g/mol. The third kappa shape index (κ3) is 7.47. The van der Waals surface area contributed by atoms with Crippen LogP contribution in [-0.2, 0) is 5.41 Å².